The van der Waals surface area contributed by atoms with Gasteiger partial charge in [0.1, 0.15) is 11.6 Å². The van der Waals surface area contributed by atoms with Gasteiger partial charge in [0.05, 0.1) is 19.6 Å². The van der Waals surface area contributed by atoms with Crippen LogP contribution in [0.1, 0.15) is 40.0 Å². The largest absolute Gasteiger partial charge is 0.444 e. The number of unbranched alkanes of at least 4 members (excludes halogenated alkanes) is 1. The zero-order chi connectivity index (χ0) is 20.9. The molecule has 0 bridgehead atoms. The zero-order valence-electron chi connectivity index (χ0n) is 15.4. The number of amides is 2. The summed E-state index contributed by atoms with van der Waals surface area (Å²) in [6.45, 7) is 2.03. The van der Waals surface area contributed by atoms with E-state index in [-0.39, 0.29) is 19.4 Å². The number of carbonyl (C=O) groups is 2. The highest BCUT2D eigenvalue weighted by Crippen LogP contribution is 2.41. The van der Waals surface area contributed by atoms with Crippen molar-refractivity contribution < 1.29 is 36.7 Å². The Bertz CT molecular complexity index is 585. The number of likely N-dealkylation sites (tertiary alicyclic amines) is 1. The number of nitrogens with one attached hydrogen (secondary N) is 1. The minimum absolute atomic E-state index is 0.0138. The number of isocyanates is 1. The van der Waals surface area contributed by atoms with Gasteiger partial charge in [0.25, 0.3) is 0 Å². The van der Waals surface area contributed by atoms with Crippen molar-refractivity contribution in [2.24, 2.45) is 4.99 Å². The van der Waals surface area contributed by atoms with E-state index in [2.05, 4.69) is 10.3 Å². The number of alkyl carbamates (subject to hydrolysis) is 1. The molecule has 0 aromatic rings. The summed E-state index contributed by atoms with van der Waals surface area (Å²) in [5, 5.41) is 2.25. The molecule has 154 valence electrons. The van der Waals surface area contributed by atoms with Crippen LogP contribution < -0.4 is 5.32 Å². The Balaban J connectivity index is 2.81. The summed E-state index contributed by atoms with van der Waals surface area (Å²) in [5.41, 5.74) is -0.871. The monoisotopic (exact) mass is 397 g/mol. The fourth-order valence-corrected chi connectivity index (χ4v) is 2.44. The summed E-state index contributed by atoms with van der Waals surface area (Å²) in [7, 11) is 0. The quantitative estimate of drug-likeness (QED) is 0.309. The molecule has 1 aliphatic heterocycles. The van der Waals surface area contributed by atoms with E-state index in [0.29, 0.717) is 11.3 Å². The van der Waals surface area contributed by atoms with Crippen LogP contribution in [0.5, 0.6) is 0 Å². The van der Waals surface area contributed by atoms with Gasteiger partial charge in [-0.1, -0.05) is 0 Å². The molecule has 11 heteroatoms. The van der Waals surface area contributed by atoms with Crippen molar-refractivity contribution >= 4 is 18.1 Å². The fraction of sp³-hybridized carbons (Fsp3) is 0.812. The smallest absolute Gasteiger partial charge is 0.408 e. The van der Waals surface area contributed by atoms with Crippen LogP contribution in [0.3, 0.4) is 0 Å². The number of aliphatic imine (C=N–C) groups is 1. The van der Waals surface area contributed by atoms with Crippen LogP contribution >= 0.6 is 0 Å². The second-order valence-corrected chi connectivity index (χ2v) is 7.27. The lowest BCUT2D eigenvalue weighted by Gasteiger charge is -2.26. The molecule has 0 spiro atoms. The maximum absolute atomic E-state index is 13.4. The van der Waals surface area contributed by atoms with E-state index >= 15 is 0 Å². The third-order valence-corrected chi connectivity index (χ3v) is 3.69. The molecule has 1 aliphatic rings. The summed E-state index contributed by atoms with van der Waals surface area (Å²) >= 11 is 0. The summed E-state index contributed by atoms with van der Waals surface area (Å²) in [4.78, 5) is 38.0. The van der Waals surface area contributed by atoms with Crippen LogP contribution in [0.25, 0.3) is 0 Å². The number of hydrogen-bond acceptors (Lipinski definition) is 5. The Morgan fingerprint density at radius 2 is 1.74 bits per heavy atom. The second kappa shape index (κ2) is 8.69. The average molecular weight is 397 g/mol. The lowest BCUT2D eigenvalue weighted by atomic mass is 10.1. The number of rotatable bonds is 7. The highest BCUT2D eigenvalue weighted by molar-refractivity contribution is 5.86. The molecule has 0 radical (unpaired) electrons. The van der Waals surface area contributed by atoms with Gasteiger partial charge in [-0.05, 0) is 40.0 Å². The summed E-state index contributed by atoms with van der Waals surface area (Å²) < 4.78 is 58.5. The minimum Gasteiger partial charge on any atom is -0.444 e. The number of hydrogen-bond donors (Lipinski definition) is 1. The van der Waals surface area contributed by atoms with Gasteiger partial charge in [-0.3, -0.25) is 4.79 Å². The van der Waals surface area contributed by atoms with Crippen molar-refractivity contribution in [3.8, 4) is 0 Å². The number of alkyl halides is 4. The Morgan fingerprint density at radius 1 is 1.19 bits per heavy atom. The molecule has 27 heavy (non-hydrogen) atoms. The molecule has 1 saturated heterocycles. The third-order valence-electron chi connectivity index (χ3n) is 3.69. The standard InChI is InChI=1S/C16H23F4N3O4/c1-14(2,3)27-13(26)22-11(6-4-5-7-21-10-24)12(25)23-8-15(17,18)16(19,20)9-23/h11H,4-9H2,1-3H3,(H,22,26). The molecule has 1 atom stereocenters. The van der Waals surface area contributed by atoms with Crippen molar-refractivity contribution in [3.63, 3.8) is 0 Å². The molecule has 1 rings (SSSR count). The van der Waals surface area contributed by atoms with E-state index in [9.17, 15) is 31.9 Å². The number of halogens is 4. The van der Waals surface area contributed by atoms with Crippen LogP contribution in [-0.4, -0.2) is 66.1 Å². The minimum atomic E-state index is -4.34. The van der Waals surface area contributed by atoms with Crippen LogP contribution in [0.2, 0.25) is 0 Å². The maximum Gasteiger partial charge on any atom is 0.408 e. The van der Waals surface area contributed by atoms with Crippen LogP contribution in [-0.2, 0) is 14.3 Å². The van der Waals surface area contributed by atoms with Gasteiger partial charge in [0, 0.05) is 0 Å². The van der Waals surface area contributed by atoms with E-state index in [1.54, 1.807) is 20.8 Å². The van der Waals surface area contributed by atoms with Crippen LogP contribution in [0.15, 0.2) is 4.99 Å². The number of carbonyl (C=O) groups excluding carboxylic acids is 3. The van der Waals surface area contributed by atoms with Gasteiger partial charge in [0.15, 0.2) is 0 Å². The van der Waals surface area contributed by atoms with Crippen molar-refractivity contribution in [1.29, 1.82) is 0 Å². The molecule has 2 amide bonds. The highest BCUT2D eigenvalue weighted by Gasteiger charge is 2.64. The van der Waals surface area contributed by atoms with Gasteiger partial charge in [-0.2, -0.15) is 17.6 Å². The number of nitrogens with zero attached hydrogens (tertiary/aromatic N) is 2. The van der Waals surface area contributed by atoms with Crippen LogP contribution in [0, 0.1) is 0 Å². The van der Waals surface area contributed by atoms with Crippen molar-refractivity contribution in [1.82, 2.24) is 10.2 Å². The van der Waals surface area contributed by atoms with Gasteiger partial charge in [0.2, 0.25) is 12.0 Å². The Hall–Kier alpha value is -2.16. The van der Waals surface area contributed by atoms with Crippen molar-refractivity contribution in [3.05, 3.63) is 0 Å². The van der Waals surface area contributed by atoms with Gasteiger partial charge < -0.3 is 15.0 Å². The normalized spacial score (nSPS) is 19.1. The highest BCUT2D eigenvalue weighted by atomic mass is 19.3. The molecule has 0 aromatic heterocycles. The Kier molecular flexibility index (Phi) is 7.36. The molecule has 1 unspecified atom stereocenters. The van der Waals surface area contributed by atoms with Gasteiger partial charge >= 0.3 is 17.9 Å². The van der Waals surface area contributed by atoms with E-state index < -0.39 is 48.6 Å². The molecule has 0 aliphatic carbocycles. The SMILES string of the molecule is CC(C)(C)OC(=O)NC(CCCCN=C=O)C(=O)N1CC(F)(F)C(F)(F)C1. The Morgan fingerprint density at radius 3 is 2.22 bits per heavy atom. The first-order chi connectivity index (χ1) is 12.3. The molecule has 0 aromatic carbocycles. The predicted molar refractivity (Wildman–Crippen MR) is 86.5 cm³/mol. The first-order valence-electron chi connectivity index (χ1n) is 8.37. The lowest BCUT2D eigenvalue weighted by molar-refractivity contribution is -0.172. The van der Waals surface area contributed by atoms with Crippen LogP contribution in [0.4, 0.5) is 22.4 Å². The van der Waals surface area contributed by atoms with Gasteiger partial charge in [-0.25, -0.2) is 14.6 Å². The fourth-order valence-electron chi connectivity index (χ4n) is 2.44. The summed E-state index contributed by atoms with van der Waals surface area (Å²) in [6, 6.07) is -1.32. The average Bonchev–Trinajstić information content (AvgIpc) is 2.71. The molecule has 1 fully saturated rings. The lowest BCUT2D eigenvalue weighted by Crippen LogP contribution is -2.49. The van der Waals surface area contributed by atoms with Crippen molar-refractivity contribution in [2.75, 3.05) is 19.6 Å². The predicted octanol–water partition coefficient (Wildman–Crippen LogP) is 2.50. The molecular weight excluding hydrogens is 374 g/mol. The second-order valence-electron chi connectivity index (χ2n) is 7.27. The van der Waals surface area contributed by atoms with E-state index in [4.69, 9.17) is 4.74 Å². The van der Waals surface area contributed by atoms with Gasteiger partial charge in [-0.15, -0.1) is 0 Å². The Labute approximate surface area is 154 Å². The summed E-state index contributed by atoms with van der Waals surface area (Å²) in [6.07, 6.45) is 1.01. The molecule has 7 nitrogen and oxygen atoms in total. The van der Waals surface area contributed by atoms with E-state index in [1.165, 1.54) is 6.08 Å². The van der Waals surface area contributed by atoms with Crippen molar-refractivity contribution in [2.45, 2.75) is 63.5 Å². The van der Waals surface area contributed by atoms with E-state index in [0.717, 1.165) is 0 Å². The first kappa shape index (κ1) is 22.9. The third kappa shape index (κ3) is 6.82. The van der Waals surface area contributed by atoms with E-state index in [1.807, 2.05) is 0 Å². The zero-order valence-corrected chi connectivity index (χ0v) is 15.4. The molecule has 1 heterocycles. The molecule has 0 saturated carbocycles. The first-order valence-corrected chi connectivity index (χ1v) is 8.37. The number of ether oxygens (including phenoxy) is 1. The molecular formula is C16H23F4N3O4. The summed E-state index contributed by atoms with van der Waals surface area (Å²) in [5.74, 6) is -9.72. The maximum atomic E-state index is 13.4. The topological polar surface area (TPSA) is 88.1 Å². The molecule has 1 N–H and O–H groups in total.